The Bertz CT molecular complexity index is 779. The van der Waals surface area contributed by atoms with Crippen LogP contribution < -0.4 is 5.56 Å². The first-order valence-electron chi connectivity index (χ1n) is 7.34. The summed E-state index contributed by atoms with van der Waals surface area (Å²) in [5, 5.41) is 0.939. The number of rotatable bonds is 2. The second kappa shape index (κ2) is 6.15. The summed E-state index contributed by atoms with van der Waals surface area (Å²) in [7, 11) is 0. The number of fused-ring (bicyclic) bond motifs is 1. The first kappa shape index (κ1) is 14.5. The van der Waals surface area contributed by atoms with Crippen molar-refractivity contribution >= 4 is 22.9 Å². The van der Waals surface area contributed by atoms with Crippen LogP contribution >= 0.6 is 0 Å². The van der Waals surface area contributed by atoms with Gasteiger partial charge in [-0.2, -0.15) is 0 Å². The summed E-state index contributed by atoms with van der Waals surface area (Å²) in [6.45, 7) is 3.66. The summed E-state index contributed by atoms with van der Waals surface area (Å²) in [6, 6.07) is 9.35. The smallest absolute Gasteiger partial charge is 0.255 e. The number of aromatic amines is 1. The van der Waals surface area contributed by atoms with E-state index in [4.69, 9.17) is 4.74 Å². The van der Waals surface area contributed by atoms with Crippen molar-refractivity contribution < 1.29 is 9.53 Å². The number of hydrogen-bond acceptors (Lipinski definition) is 3. The van der Waals surface area contributed by atoms with Gasteiger partial charge < -0.3 is 14.6 Å². The van der Waals surface area contributed by atoms with Crippen LogP contribution in [0.1, 0.15) is 12.5 Å². The number of aromatic nitrogens is 1. The number of pyridine rings is 1. The Balaban J connectivity index is 1.81. The highest BCUT2D eigenvalue weighted by molar-refractivity contribution is 5.92. The van der Waals surface area contributed by atoms with Crippen LogP contribution in [0.5, 0.6) is 0 Å². The predicted octanol–water partition coefficient (Wildman–Crippen LogP) is 1.79. The van der Waals surface area contributed by atoms with E-state index in [2.05, 4.69) is 4.98 Å². The Kier molecular flexibility index (Phi) is 4.06. The second-order valence-corrected chi connectivity index (χ2v) is 5.44. The number of carbonyl (C=O) groups is 1. The van der Waals surface area contributed by atoms with Crippen molar-refractivity contribution in [2.45, 2.75) is 13.0 Å². The normalized spacial score (nSPS) is 19.0. The number of morpholine rings is 1. The highest BCUT2D eigenvalue weighted by Gasteiger charge is 2.19. The fourth-order valence-electron chi connectivity index (χ4n) is 2.57. The number of benzene rings is 1. The van der Waals surface area contributed by atoms with Crippen molar-refractivity contribution in [2.75, 3.05) is 19.7 Å². The molecule has 0 bridgehead atoms. The quantitative estimate of drug-likeness (QED) is 0.860. The Labute approximate surface area is 128 Å². The summed E-state index contributed by atoms with van der Waals surface area (Å²) < 4.78 is 5.42. The summed E-state index contributed by atoms with van der Waals surface area (Å²) in [5.41, 5.74) is 1.07. The van der Waals surface area contributed by atoms with Crippen LogP contribution in [0.2, 0.25) is 0 Å². The molecule has 1 saturated heterocycles. The van der Waals surface area contributed by atoms with Gasteiger partial charge in [-0.05, 0) is 30.5 Å². The number of amides is 1. The molecule has 1 aromatic heterocycles. The van der Waals surface area contributed by atoms with Crippen LogP contribution in [0.4, 0.5) is 0 Å². The van der Waals surface area contributed by atoms with E-state index in [1.807, 2.05) is 31.2 Å². The van der Waals surface area contributed by atoms with E-state index >= 15 is 0 Å². The van der Waals surface area contributed by atoms with Gasteiger partial charge in [0.1, 0.15) is 0 Å². The summed E-state index contributed by atoms with van der Waals surface area (Å²) >= 11 is 0. The van der Waals surface area contributed by atoms with Gasteiger partial charge in [0.05, 0.1) is 12.7 Å². The number of hydrogen-bond donors (Lipinski definition) is 1. The largest absolute Gasteiger partial charge is 0.375 e. The fourth-order valence-corrected chi connectivity index (χ4v) is 2.57. The van der Waals surface area contributed by atoms with Gasteiger partial charge in [-0.15, -0.1) is 0 Å². The van der Waals surface area contributed by atoms with Crippen LogP contribution in [-0.2, 0) is 9.53 Å². The van der Waals surface area contributed by atoms with Gasteiger partial charge in [-0.25, -0.2) is 0 Å². The first-order chi connectivity index (χ1) is 10.6. The van der Waals surface area contributed by atoms with E-state index in [0.717, 1.165) is 10.9 Å². The number of H-pyrrole nitrogens is 1. The van der Waals surface area contributed by atoms with Crippen molar-refractivity contribution in [2.24, 2.45) is 0 Å². The lowest BCUT2D eigenvalue weighted by Gasteiger charge is -2.30. The Morgan fingerprint density at radius 3 is 3.05 bits per heavy atom. The topological polar surface area (TPSA) is 62.4 Å². The molecule has 1 aliphatic rings. The minimum atomic E-state index is -0.196. The Morgan fingerprint density at radius 2 is 2.23 bits per heavy atom. The molecule has 0 aliphatic carbocycles. The van der Waals surface area contributed by atoms with Crippen LogP contribution in [-0.4, -0.2) is 41.6 Å². The van der Waals surface area contributed by atoms with E-state index in [1.165, 1.54) is 6.08 Å². The zero-order valence-electron chi connectivity index (χ0n) is 12.4. The lowest BCUT2D eigenvalue weighted by Crippen LogP contribution is -2.43. The number of nitrogens with one attached hydrogen (secondary N) is 1. The molecule has 1 aromatic carbocycles. The minimum absolute atomic E-state index is 0.0511. The van der Waals surface area contributed by atoms with Gasteiger partial charge in [-0.3, -0.25) is 9.59 Å². The fraction of sp³-hybridized carbons (Fsp3) is 0.294. The number of ether oxygens (including phenoxy) is 1. The molecular formula is C17H18N2O3. The van der Waals surface area contributed by atoms with Crippen LogP contribution in [0, 0.1) is 0 Å². The molecule has 5 nitrogen and oxygen atoms in total. The van der Waals surface area contributed by atoms with Crippen molar-refractivity contribution in [3.8, 4) is 0 Å². The molecule has 0 saturated carbocycles. The van der Waals surface area contributed by atoms with E-state index in [-0.39, 0.29) is 17.6 Å². The highest BCUT2D eigenvalue weighted by Crippen LogP contribution is 2.11. The number of nitrogens with zero attached hydrogens (tertiary/aromatic N) is 1. The lowest BCUT2D eigenvalue weighted by molar-refractivity contribution is -0.132. The SMILES string of the molecule is CC1CN(C(=O)/C=C/c2cc3ccccc3[nH]c2=O)CCO1. The first-order valence-corrected chi connectivity index (χ1v) is 7.34. The van der Waals surface area contributed by atoms with Crippen molar-refractivity contribution in [3.63, 3.8) is 0 Å². The molecule has 2 heterocycles. The third-order valence-corrected chi connectivity index (χ3v) is 3.74. The summed E-state index contributed by atoms with van der Waals surface area (Å²) in [5.74, 6) is -0.0947. The summed E-state index contributed by atoms with van der Waals surface area (Å²) in [6.07, 6.45) is 3.08. The van der Waals surface area contributed by atoms with Gasteiger partial charge in [0.2, 0.25) is 5.91 Å². The van der Waals surface area contributed by atoms with E-state index in [1.54, 1.807) is 17.0 Å². The maximum Gasteiger partial charge on any atom is 0.255 e. The molecule has 5 heteroatoms. The van der Waals surface area contributed by atoms with Gasteiger partial charge >= 0.3 is 0 Å². The van der Waals surface area contributed by atoms with Gasteiger partial charge in [-0.1, -0.05) is 18.2 Å². The average Bonchev–Trinajstić information content (AvgIpc) is 2.52. The van der Waals surface area contributed by atoms with Crippen molar-refractivity contribution in [1.82, 2.24) is 9.88 Å². The molecule has 1 unspecified atom stereocenters. The predicted molar refractivity (Wildman–Crippen MR) is 85.6 cm³/mol. The molecule has 1 amide bonds. The molecule has 0 spiro atoms. The van der Waals surface area contributed by atoms with E-state index in [0.29, 0.717) is 25.3 Å². The molecule has 1 aliphatic heterocycles. The minimum Gasteiger partial charge on any atom is -0.375 e. The van der Waals surface area contributed by atoms with Crippen LogP contribution in [0.25, 0.3) is 17.0 Å². The van der Waals surface area contributed by atoms with Crippen molar-refractivity contribution in [3.05, 3.63) is 52.3 Å². The standard InChI is InChI=1S/C17H18N2O3/c1-12-11-19(8-9-22-12)16(20)7-6-14-10-13-4-2-3-5-15(13)18-17(14)21/h2-7,10,12H,8-9,11H2,1H3,(H,18,21)/b7-6+. The van der Waals surface area contributed by atoms with Crippen LogP contribution in [0.3, 0.4) is 0 Å². The number of carbonyl (C=O) groups excluding carboxylic acids is 1. The number of para-hydroxylation sites is 1. The average molecular weight is 298 g/mol. The second-order valence-electron chi connectivity index (χ2n) is 5.44. The van der Waals surface area contributed by atoms with Gasteiger partial charge in [0.15, 0.2) is 0 Å². The third-order valence-electron chi connectivity index (χ3n) is 3.74. The molecule has 114 valence electrons. The summed E-state index contributed by atoms with van der Waals surface area (Å²) in [4.78, 5) is 28.7. The van der Waals surface area contributed by atoms with Gasteiger partial charge in [0.25, 0.3) is 5.56 Å². The molecule has 1 fully saturated rings. The monoisotopic (exact) mass is 298 g/mol. The Morgan fingerprint density at radius 1 is 1.41 bits per heavy atom. The molecule has 0 radical (unpaired) electrons. The molecule has 1 atom stereocenters. The molecule has 3 rings (SSSR count). The maximum atomic E-state index is 12.2. The third kappa shape index (κ3) is 3.09. The molecule has 2 aromatic rings. The highest BCUT2D eigenvalue weighted by atomic mass is 16.5. The van der Waals surface area contributed by atoms with Crippen molar-refractivity contribution in [1.29, 1.82) is 0 Å². The maximum absolute atomic E-state index is 12.2. The molecular weight excluding hydrogens is 280 g/mol. The zero-order chi connectivity index (χ0) is 15.5. The molecule has 1 N–H and O–H groups in total. The van der Waals surface area contributed by atoms with Crippen LogP contribution in [0.15, 0.2) is 41.2 Å². The van der Waals surface area contributed by atoms with E-state index < -0.39 is 0 Å². The van der Waals surface area contributed by atoms with E-state index in [9.17, 15) is 9.59 Å². The molecule has 22 heavy (non-hydrogen) atoms. The van der Waals surface area contributed by atoms with Gasteiger partial charge in [0, 0.05) is 30.2 Å². The zero-order valence-corrected chi connectivity index (χ0v) is 12.4. The lowest BCUT2D eigenvalue weighted by atomic mass is 10.1. The Hall–Kier alpha value is -2.40.